The maximum absolute atomic E-state index is 12.4. The number of benzene rings is 1. The van der Waals surface area contributed by atoms with Crippen LogP contribution >= 0.6 is 11.3 Å². The highest BCUT2D eigenvalue weighted by Crippen LogP contribution is 2.22. The highest BCUT2D eigenvalue weighted by atomic mass is 32.1. The minimum absolute atomic E-state index is 0.0264. The molecule has 7 heteroatoms. The van der Waals surface area contributed by atoms with Crippen LogP contribution in [0.4, 0.5) is 5.13 Å². The van der Waals surface area contributed by atoms with Crippen LogP contribution in [0.25, 0.3) is 0 Å². The summed E-state index contributed by atoms with van der Waals surface area (Å²) in [7, 11) is 0. The summed E-state index contributed by atoms with van der Waals surface area (Å²) < 4.78 is 0. The van der Waals surface area contributed by atoms with Gasteiger partial charge in [0, 0.05) is 32.4 Å². The van der Waals surface area contributed by atoms with E-state index < -0.39 is 0 Å². The van der Waals surface area contributed by atoms with Crippen molar-refractivity contribution in [1.29, 1.82) is 0 Å². The molecule has 2 aromatic rings. The van der Waals surface area contributed by atoms with E-state index in [1.165, 1.54) is 22.5 Å². The first-order valence-corrected chi connectivity index (χ1v) is 9.27. The number of carbonyl (C=O) groups is 2. The van der Waals surface area contributed by atoms with Crippen LogP contribution in [0, 0.1) is 12.8 Å². The number of rotatable bonds is 4. The third kappa shape index (κ3) is 4.63. The molecule has 1 saturated heterocycles. The second-order valence-electron chi connectivity index (χ2n) is 6.44. The summed E-state index contributed by atoms with van der Waals surface area (Å²) in [5.41, 5.74) is 2.40. The fourth-order valence-corrected chi connectivity index (χ4v) is 3.81. The Morgan fingerprint density at radius 3 is 2.72 bits per heavy atom. The second-order valence-corrected chi connectivity index (χ2v) is 7.50. The molecule has 1 aromatic heterocycles. The Balaban J connectivity index is 1.54. The van der Waals surface area contributed by atoms with Gasteiger partial charge in [-0.3, -0.25) is 9.59 Å². The molecule has 1 aliphatic rings. The summed E-state index contributed by atoms with van der Waals surface area (Å²) in [5, 5.41) is 12.6. The lowest BCUT2D eigenvalue weighted by atomic mass is 9.96. The number of hydrogen-bond donors (Lipinski definition) is 1. The number of anilines is 1. The number of hydrogen-bond acceptors (Lipinski definition) is 5. The molecule has 1 aliphatic heterocycles. The molecular formula is C18H22N4O2S. The van der Waals surface area contributed by atoms with Crippen molar-refractivity contribution in [3.8, 4) is 0 Å². The van der Waals surface area contributed by atoms with E-state index in [0.717, 1.165) is 5.01 Å². The predicted molar refractivity (Wildman–Crippen MR) is 97.5 cm³/mol. The molecule has 1 aromatic carbocycles. The predicted octanol–water partition coefficient (Wildman–Crippen LogP) is 2.63. The zero-order chi connectivity index (χ0) is 17.8. The molecule has 0 spiro atoms. The lowest BCUT2D eigenvalue weighted by molar-refractivity contribution is -0.132. The molecule has 2 amide bonds. The van der Waals surface area contributed by atoms with Crippen LogP contribution in [0.15, 0.2) is 24.3 Å². The van der Waals surface area contributed by atoms with Gasteiger partial charge in [-0.2, -0.15) is 0 Å². The van der Waals surface area contributed by atoms with Gasteiger partial charge < -0.3 is 10.2 Å². The lowest BCUT2D eigenvalue weighted by Gasteiger charge is -2.30. The Labute approximate surface area is 151 Å². The summed E-state index contributed by atoms with van der Waals surface area (Å²) in [6, 6.07) is 8.28. The van der Waals surface area contributed by atoms with E-state index in [1.807, 2.05) is 6.07 Å². The van der Waals surface area contributed by atoms with Crippen molar-refractivity contribution in [3.63, 3.8) is 0 Å². The van der Waals surface area contributed by atoms with Crippen molar-refractivity contribution in [1.82, 2.24) is 15.1 Å². The average Bonchev–Trinajstić information content (AvgIpc) is 3.01. The number of aryl methyl sites for hydroxylation is 1. The van der Waals surface area contributed by atoms with Gasteiger partial charge in [-0.05, 0) is 25.3 Å². The monoisotopic (exact) mass is 358 g/mol. The minimum atomic E-state index is -0.0697. The molecule has 3 rings (SSSR count). The Bertz CT molecular complexity index is 766. The van der Waals surface area contributed by atoms with Crippen molar-refractivity contribution in [2.45, 2.75) is 33.1 Å². The second kappa shape index (κ2) is 7.74. The van der Waals surface area contributed by atoms with E-state index in [4.69, 9.17) is 0 Å². The smallest absolute Gasteiger partial charge is 0.229 e. The molecule has 0 radical (unpaired) electrons. The van der Waals surface area contributed by atoms with Crippen molar-refractivity contribution in [2.24, 2.45) is 5.92 Å². The largest absolute Gasteiger partial charge is 0.343 e. The van der Waals surface area contributed by atoms with Crippen LogP contribution in [0.3, 0.4) is 0 Å². The van der Waals surface area contributed by atoms with Crippen molar-refractivity contribution < 1.29 is 9.59 Å². The van der Waals surface area contributed by atoms with Gasteiger partial charge in [-0.1, -0.05) is 41.2 Å². The van der Waals surface area contributed by atoms with E-state index in [-0.39, 0.29) is 17.7 Å². The van der Waals surface area contributed by atoms with Gasteiger partial charge in [0.05, 0.1) is 0 Å². The van der Waals surface area contributed by atoms with Gasteiger partial charge in [-0.25, -0.2) is 0 Å². The van der Waals surface area contributed by atoms with E-state index in [9.17, 15) is 9.59 Å². The molecule has 0 unspecified atom stereocenters. The van der Waals surface area contributed by atoms with Crippen LogP contribution in [-0.4, -0.2) is 40.0 Å². The molecule has 132 valence electrons. The number of piperidine rings is 1. The summed E-state index contributed by atoms with van der Waals surface area (Å²) in [6.45, 7) is 4.91. The number of amides is 2. The number of aromatic nitrogens is 2. The summed E-state index contributed by atoms with van der Waals surface area (Å²) >= 11 is 1.41. The zero-order valence-electron chi connectivity index (χ0n) is 14.5. The van der Waals surface area contributed by atoms with Crippen LogP contribution in [-0.2, 0) is 16.0 Å². The zero-order valence-corrected chi connectivity index (χ0v) is 15.3. The Morgan fingerprint density at radius 2 is 2.04 bits per heavy atom. The minimum Gasteiger partial charge on any atom is -0.343 e. The van der Waals surface area contributed by atoms with E-state index in [2.05, 4.69) is 40.6 Å². The summed E-state index contributed by atoms with van der Waals surface area (Å²) in [6.07, 6.45) is 2.10. The van der Waals surface area contributed by atoms with Crippen molar-refractivity contribution in [2.75, 3.05) is 18.4 Å². The molecular weight excluding hydrogens is 336 g/mol. The average molecular weight is 358 g/mol. The van der Waals surface area contributed by atoms with Gasteiger partial charge in [0.25, 0.3) is 0 Å². The topological polar surface area (TPSA) is 75.2 Å². The van der Waals surface area contributed by atoms with Gasteiger partial charge in [-0.15, -0.1) is 10.2 Å². The Kier molecular flexibility index (Phi) is 5.43. The van der Waals surface area contributed by atoms with Crippen molar-refractivity contribution >= 4 is 28.3 Å². The van der Waals surface area contributed by atoms with E-state index in [0.29, 0.717) is 37.5 Å². The lowest BCUT2D eigenvalue weighted by Crippen LogP contribution is -2.40. The van der Waals surface area contributed by atoms with Gasteiger partial charge in [0.2, 0.25) is 16.9 Å². The third-order valence-corrected chi connectivity index (χ3v) is 5.28. The van der Waals surface area contributed by atoms with Gasteiger partial charge in [0.15, 0.2) is 0 Å². The Morgan fingerprint density at radius 1 is 1.28 bits per heavy atom. The first-order valence-electron chi connectivity index (χ1n) is 8.45. The summed E-state index contributed by atoms with van der Waals surface area (Å²) in [4.78, 5) is 25.5. The Hall–Kier alpha value is -2.28. The molecule has 1 fully saturated rings. The highest BCUT2D eigenvalue weighted by molar-refractivity contribution is 7.15. The molecule has 0 aliphatic carbocycles. The highest BCUT2D eigenvalue weighted by Gasteiger charge is 2.26. The van der Waals surface area contributed by atoms with Gasteiger partial charge in [0.1, 0.15) is 5.01 Å². The maximum Gasteiger partial charge on any atom is 0.229 e. The molecule has 0 bridgehead atoms. The standard InChI is InChI=1S/C18H22N4O2S/c1-12-4-3-5-14(10-12)11-16-20-21-18(25-16)19-17(24)15-6-8-22(9-7-15)13(2)23/h3-5,10,15H,6-9,11H2,1-2H3,(H,19,21,24). The van der Waals surface area contributed by atoms with Crippen LogP contribution < -0.4 is 5.32 Å². The van der Waals surface area contributed by atoms with E-state index >= 15 is 0 Å². The number of likely N-dealkylation sites (tertiary alicyclic amines) is 1. The normalized spacial score (nSPS) is 15.2. The molecule has 25 heavy (non-hydrogen) atoms. The van der Waals surface area contributed by atoms with E-state index in [1.54, 1.807) is 11.8 Å². The quantitative estimate of drug-likeness (QED) is 0.912. The van der Waals surface area contributed by atoms with Gasteiger partial charge >= 0.3 is 0 Å². The van der Waals surface area contributed by atoms with Crippen LogP contribution in [0.5, 0.6) is 0 Å². The van der Waals surface area contributed by atoms with Crippen LogP contribution in [0.1, 0.15) is 35.9 Å². The fraction of sp³-hybridized carbons (Fsp3) is 0.444. The van der Waals surface area contributed by atoms with Crippen LogP contribution in [0.2, 0.25) is 0 Å². The first kappa shape index (κ1) is 17.5. The third-order valence-electron chi connectivity index (χ3n) is 4.45. The number of nitrogens with zero attached hydrogens (tertiary/aromatic N) is 3. The molecule has 6 nitrogen and oxygen atoms in total. The SMILES string of the molecule is CC(=O)N1CCC(C(=O)Nc2nnc(Cc3cccc(C)c3)s2)CC1. The summed E-state index contributed by atoms with van der Waals surface area (Å²) in [5.74, 6) is -0.0232. The number of carbonyl (C=O) groups excluding carboxylic acids is 2. The molecule has 0 saturated carbocycles. The number of nitrogens with one attached hydrogen (secondary N) is 1. The maximum atomic E-state index is 12.4. The molecule has 2 heterocycles. The first-order chi connectivity index (χ1) is 12.0. The van der Waals surface area contributed by atoms with Crippen molar-refractivity contribution in [3.05, 3.63) is 40.4 Å². The molecule has 0 atom stereocenters. The molecule has 1 N–H and O–H groups in total. The fourth-order valence-electron chi connectivity index (χ4n) is 3.04.